The van der Waals surface area contributed by atoms with Crippen LogP contribution in [0.5, 0.6) is 5.75 Å². The molecule has 2 amide bonds. The third kappa shape index (κ3) is 5.12. The molecule has 0 saturated heterocycles. The highest BCUT2D eigenvalue weighted by molar-refractivity contribution is 5.89. The third-order valence-electron chi connectivity index (χ3n) is 5.70. The van der Waals surface area contributed by atoms with Gasteiger partial charge in [-0.25, -0.2) is 9.78 Å². The van der Waals surface area contributed by atoms with E-state index in [0.29, 0.717) is 17.5 Å². The molecule has 0 aliphatic rings. The Morgan fingerprint density at radius 2 is 1.85 bits per heavy atom. The molecule has 0 atom stereocenters. The molecule has 1 rings (SSSR count). The Morgan fingerprint density at radius 1 is 1.19 bits per heavy atom. The van der Waals surface area contributed by atoms with E-state index in [-0.39, 0.29) is 11.6 Å². The lowest BCUT2D eigenvalue weighted by atomic mass is 9.75. The molecule has 0 saturated carbocycles. The van der Waals surface area contributed by atoms with Gasteiger partial charge in [0.05, 0.1) is 13.3 Å². The number of hydrogen-bond acceptors (Lipinski definition) is 3. The lowest BCUT2D eigenvalue weighted by molar-refractivity contribution is 0.0521. The number of carbonyl (C=O) groups excluding carboxylic acids is 1. The van der Waals surface area contributed by atoms with Crippen LogP contribution in [0.25, 0.3) is 0 Å². The van der Waals surface area contributed by atoms with Crippen LogP contribution in [0.15, 0.2) is 18.3 Å². The number of ether oxygens (including phenoxy) is 1. The molecule has 0 aromatic carbocycles. The minimum Gasteiger partial charge on any atom is -0.495 e. The first-order chi connectivity index (χ1) is 12.5. The van der Waals surface area contributed by atoms with Crippen molar-refractivity contribution >= 4 is 11.8 Å². The van der Waals surface area contributed by atoms with Gasteiger partial charge in [0.2, 0.25) is 0 Å². The van der Waals surface area contributed by atoms with Crippen molar-refractivity contribution in [3.63, 3.8) is 0 Å². The van der Waals surface area contributed by atoms with Gasteiger partial charge in [0, 0.05) is 12.1 Å². The molecule has 0 spiro atoms. The normalized spacial score (nSPS) is 11.5. The summed E-state index contributed by atoms with van der Waals surface area (Å²) in [7, 11) is 1.61. The van der Waals surface area contributed by atoms with Gasteiger partial charge in [0.25, 0.3) is 0 Å². The zero-order valence-electron chi connectivity index (χ0n) is 17.5. The molecule has 0 radical (unpaired) electrons. The fourth-order valence-corrected chi connectivity index (χ4v) is 4.07. The molecule has 1 aromatic heterocycles. The summed E-state index contributed by atoms with van der Waals surface area (Å²) < 4.78 is 5.14. The largest absolute Gasteiger partial charge is 0.495 e. The summed E-state index contributed by atoms with van der Waals surface area (Å²) in [5.41, 5.74) is -0.116. The average molecular weight is 364 g/mol. The van der Waals surface area contributed by atoms with Crippen molar-refractivity contribution in [1.29, 1.82) is 0 Å². The highest BCUT2D eigenvalue weighted by Crippen LogP contribution is 2.37. The number of amides is 2. The van der Waals surface area contributed by atoms with Crippen molar-refractivity contribution in [2.75, 3.05) is 19.0 Å². The van der Waals surface area contributed by atoms with Crippen LogP contribution in [-0.4, -0.2) is 35.1 Å². The maximum Gasteiger partial charge on any atom is 0.323 e. The summed E-state index contributed by atoms with van der Waals surface area (Å²) in [5.74, 6) is 1.73. The molecule has 5 heteroatoms. The second-order valence-electron chi connectivity index (χ2n) is 6.84. The van der Waals surface area contributed by atoms with E-state index in [4.69, 9.17) is 4.74 Å². The molecule has 0 aliphatic heterocycles. The van der Waals surface area contributed by atoms with E-state index in [1.54, 1.807) is 19.4 Å². The minimum atomic E-state index is -0.116. The molecule has 148 valence electrons. The molecule has 1 N–H and O–H groups in total. The quantitative estimate of drug-likeness (QED) is 0.547. The smallest absolute Gasteiger partial charge is 0.323 e. The summed E-state index contributed by atoms with van der Waals surface area (Å²) in [5, 5.41) is 3.00. The number of nitrogens with one attached hydrogen (secondary N) is 1. The molecule has 0 unspecified atom stereocenters. The van der Waals surface area contributed by atoms with Crippen LogP contribution in [0.4, 0.5) is 10.6 Å². The first-order valence-corrected chi connectivity index (χ1v) is 10.1. The van der Waals surface area contributed by atoms with Crippen molar-refractivity contribution in [1.82, 2.24) is 9.88 Å². The number of carbonyl (C=O) groups is 1. The number of methoxy groups -OCH3 is 1. The predicted octanol–water partition coefficient (Wildman–Crippen LogP) is 5.72. The average Bonchev–Trinajstić information content (AvgIpc) is 2.68. The molecule has 5 nitrogen and oxygen atoms in total. The number of pyridine rings is 1. The molecule has 1 aromatic rings. The second kappa shape index (κ2) is 11.0. The van der Waals surface area contributed by atoms with Gasteiger partial charge < -0.3 is 9.64 Å². The molecule has 26 heavy (non-hydrogen) atoms. The van der Waals surface area contributed by atoms with Gasteiger partial charge in [-0.05, 0) is 37.3 Å². The number of unbranched alkanes of at least 4 members (excludes halogenated alkanes) is 1. The van der Waals surface area contributed by atoms with Gasteiger partial charge in [0.15, 0.2) is 0 Å². The zero-order chi connectivity index (χ0) is 19.6. The molecule has 0 fully saturated rings. The van der Waals surface area contributed by atoms with E-state index in [1.165, 1.54) is 0 Å². The van der Waals surface area contributed by atoms with E-state index in [2.05, 4.69) is 49.8 Å². The Bertz CT molecular complexity index is 523. The second-order valence-corrected chi connectivity index (χ2v) is 6.84. The van der Waals surface area contributed by atoms with Gasteiger partial charge in [-0.15, -0.1) is 0 Å². The van der Waals surface area contributed by atoms with Gasteiger partial charge in [-0.3, -0.25) is 5.32 Å². The van der Waals surface area contributed by atoms with Gasteiger partial charge in [0.1, 0.15) is 11.6 Å². The molecule has 0 bridgehead atoms. The lowest BCUT2D eigenvalue weighted by Gasteiger charge is -2.48. The SMILES string of the molecule is CCCCN(C(=O)Nc1ccc(OC)cn1)C(CC)(CC)C(CC)CC. The van der Waals surface area contributed by atoms with Crippen LogP contribution in [0.1, 0.15) is 73.1 Å². The van der Waals surface area contributed by atoms with Crippen LogP contribution in [0.3, 0.4) is 0 Å². The monoisotopic (exact) mass is 363 g/mol. The van der Waals surface area contributed by atoms with E-state index in [1.807, 2.05) is 6.07 Å². The maximum atomic E-state index is 13.2. The lowest BCUT2D eigenvalue weighted by Crippen LogP contribution is -2.57. The van der Waals surface area contributed by atoms with Crippen LogP contribution in [-0.2, 0) is 0 Å². The van der Waals surface area contributed by atoms with Gasteiger partial charge in [-0.2, -0.15) is 0 Å². The minimum absolute atomic E-state index is 0.0493. The van der Waals surface area contributed by atoms with E-state index < -0.39 is 0 Å². The number of aromatic nitrogens is 1. The first kappa shape index (κ1) is 22.3. The Kier molecular flexibility index (Phi) is 9.46. The Labute approximate surface area is 159 Å². The van der Waals surface area contributed by atoms with Crippen LogP contribution < -0.4 is 10.1 Å². The molecular weight excluding hydrogens is 326 g/mol. The molecule has 1 heterocycles. The maximum absolute atomic E-state index is 13.2. The van der Waals surface area contributed by atoms with E-state index >= 15 is 0 Å². The number of hydrogen-bond donors (Lipinski definition) is 1. The fourth-order valence-electron chi connectivity index (χ4n) is 4.07. The predicted molar refractivity (Wildman–Crippen MR) is 109 cm³/mol. The van der Waals surface area contributed by atoms with Gasteiger partial charge >= 0.3 is 6.03 Å². The summed E-state index contributed by atoms with van der Waals surface area (Å²) in [6.07, 6.45) is 7.78. The van der Waals surface area contributed by atoms with Crippen molar-refractivity contribution in [2.24, 2.45) is 5.92 Å². The van der Waals surface area contributed by atoms with Crippen molar-refractivity contribution in [3.05, 3.63) is 18.3 Å². The standard InChI is InChI=1S/C21H37N3O2/c1-7-12-15-24(21(10-4,11-5)17(8-2)9-3)20(25)23-19-14-13-18(26-6)16-22-19/h13-14,16-17H,7-12,15H2,1-6H3,(H,22,23,25). The number of urea groups is 1. The van der Waals surface area contributed by atoms with Crippen LogP contribution in [0, 0.1) is 5.92 Å². The molecule has 0 aliphatic carbocycles. The Morgan fingerprint density at radius 3 is 2.27 bits per heavy atom. The first-order valence-electron chi connectivity index (χ1n) is 10.1. The highest BCUT2D eigenvalue weighted by Gasteiger charge is 2.41. The van der Waals surface area contributed by atoms with Crippen molar-refractivity contribution in [3.8, 4) is 5.75 Å². The summed E-state index contributed by atoms with van der Waals surface area (Å²) in [6.45, 7) is 11.8. The Balaban J connectivity index is 3.12. The van der Waals surface area contributed by atoms with E-state index in [9.17, 15) is 4.79 Å². The summed E-state index contributed by atoms with van der Waals surface area (Å²) in [6, 6.07) is 3.55. The van der Waals surface area contributed by atoms with Gasteiger partial charge in [-0.1, -0.05) is 53.9 Å². The zero-order valence-corrected chi connectivity index (χ0v) is 17.5. The highest BCUT2D eigenvalue weighted by atomic mass is 16.5. The van der Waals surface area contributed by atoms with Crippen molar-refractivity contribution in [2.45, 2.75) is 78.7 Å². The Hall–Kier alpha value is -1.78. The topological polar surface area (TPSA) is 54.5 Å². The van der Waals surface area contributed by atoms with Crippen molar-refractivity contribution < 1.29 is 9.53 Å². The van der Waals surface area contributed by atoms with Crippen LogP contribution >= 0.6 is 0 Å². The number of nitrogens with zero attached hydrogens (tertiary/aromatic N) is 2. The van der Waals surface area contributed by atoms with E-state index in [0.717, 1.165) is 45.1 Å². The summed E-state index contributed by atoms with van der Waals surface area (Å²) >= 11 is 0. The third-order valence-corrected chi connectivity index (χ3v) is 5.70. The van der Waals surface area contributed by atoms with Crippen LogP contribution in [0.2, 0.25) is 0 Å². The number of rotatable bonds is 11. The summed E-state index contributed by atoms with van der Waals surface area (Å²) in [4.78, 5) is 19.6. The molecular formula is C21H37N3O2. The number of anilines is 1. The fraction of sp³-hybridized carbons (Fsp3) is 0.714.